The topological polar surface area (TPSA) is 21.3 Å². The molecule has 1 aromatic rings. The molecule has 1 aromatic carbocycles. The monoisotopic (exact) mass is 233 g/mol. The molecule has 0 aromatic heterocycles. The second-order valence-corrected chi connectivity index (χ2v) is 5.65. The summed E-state index contributed by atoms with van der Waals surface area (Å²) in [5, 5.41) is 3.48. The van der Waals surface area contributed by atoms with Crippen LogP contribution in [0.3, 0.4) is 0 Å². The summed E-state index contributed by atoms with van der Waals surface area (Å²) in [6.07, 6.45) is 2.73. The fourth-order valence-electron chi connectivity index (χ4n) is 2.30. The first-order valence-corrected chi connectivity index (χ1v) is 6.49. The van der Waals surface area contributed by atoms with Gasteiger partial charge in [-0.1, -0.05) is 29.8 Å². The van der Waals surface area contributed by atoms with E-state index < -0.39 is 0 Å². The van der Waals surface area contributed by atoms with Crippen molar-refractivity contribution in [2.45, 2.75) is 51.9 Å². The lowest BCUT2D eigenvalue weighted by Crippen LogP contribution is -2.29. The fourth-order valence-corrected chi connectivity index (χ4v) is 2.30. The maximum absolute atomic E-state index is 5.94. The van der Waals surface area contributed by atoms with Crippen LogP contribution < -0.4 is 5.32 Å². The van der Waals surface area contributed by atoms with E-state index in [1.807, 2.05) is 0 Å². The molecule has 0 amide bonds. The van der Waals surface area contributed by atoms with Gasteiger partial charge in [0.15, 0.2) is 0 Å². The molecule has 1 heterocycles. The maximum atomic E-state index is 5.94. The van der Waals surface area contributed by atoms with Crippen LogP contribution in [0.25, 0.3) is 0 Å². The van der Waals surface area contributed by atoms with E-state index in [2.05, 4.69) is 50.4 Å². The van der Waals surface area contributed by atoms with Gasteiger partial charge in [0.25, 0.3) is 0 Å². The normalized spacial score (nSPS) is 22.9. The summed E-state index contributed by atoms with van der Waals surface area (Å²) < 4.78 is 5.94. The molecule has 1 saturated heterocycles. The van der Waals surface area contributed by atoms with Crippen LogP contribution in [-0.2, 0) is 11.3 Å². The van der Waals surface area contributed by atoms with Gasteiger partial charge in [0.05, 0.1) is 11.7 Å². The van der Waals surface area contributed by atoms with Gasteiger partial charge in [-0.3, -0.25) is 0 Å². The predicted octanol–water partition coefficient (Wildman–Crippen LogP) is 3.04. The van der Waals surface area contributed by atoms with Gasteiger partial charge in [0, 0.05) is 13.1 Å². The molecule has 2 heteroatoms. The van der Waals surface area contributed by atoms with E-state index in [0.29, 0.717) is 6.10 Å². The van der Waals surface area contributed by atoms with Crippen molar-refractivity contribution in [2.75, 3.05) is 6.54 Å². The summed E-state index contributed by atoms with van der Waals surface area (Å²) in [4.78, 5) is 0. The Labute approximate surface area is 104 Å². The number of aryl methyl sites for hydroxylation is 1. The van der Waals surface area contributed by atoms with Crippen LogP contribution in [-0.4, -0.2) is 18.2 Å². The van der Waals surface area contributed by atoms with Gasteiger partial charge in [-0.05, 0) is 39.2 Å². The zero-order valence-corrected chi connectivity index (χ0v) is 11.1. The van der Waals surface area contributed by atoms with Crippen LogP contribution in [0.2, 0.25) is 0 Å². The van der Waals surface area contributed by atoms with Gasteiger partial charge in [-0.25, -0.2) is 0 Å². The van der Waals surface area contributed by atoms with Gasteiger partial charge < -0.3 is 10.1 Å². The number of ether oxygens (including phenoxy) is 1. The minimum absolute atomic E-state index is 0.0796. The van der Waals surface area contributed by atoms with Gasteiger partial charge in [0.2, 0.25) is 0 Å². The number of rotatable bonds is 4. The fraction of sp³-hybridized carbons (Fsp3) is 0.600. The number of hydrogen-bond donors (Lipinski definition) is 1. The lowest BCUT2D eigenvalue weighted by Gasteiger charge is -2.19. The molecule has 94 valence electrons. The molecule has 1 N–H and O–H groups in total. The largest absolute Gasteiger partial charge is 0.371 e. The van der Waals surface area contributed by atoms with Crippen molar-refractivity contribution < 1.29 is 4.74 Å². The molecule has 0 spiro atoms. The van der Waals surface area contributed by atoms with Crippen LogP contribution in [0, 0.1) is 6.92 Å². The lowest BCUT2D eigenvalue weighted by atomic mass is 10.1. The highest BCUT2D eigenvalue weighted by molar-refractivity contribution is 5.21. The standard InChI is InChI=1S/C15H23NO/c1-12-4-6-13(7-5-12)10-16-11-14-8-9-15(2,3)17-14/h4-7,14,16H,8-11H2,1-3H3. The van der Waals surface area contributed by atoms with Crippen molar-refractivity contribution in [3.05, 3.63) is 35.4 Å². The molecule has 0 aliphatic carbocycles. The molecule has 17 heavy (non-hydrogen) atoms. The van der Waals surface area contributed by atoms with Crippen LogP contribution >= 0.6 is 0 Å². The second-order valence-electron chi connectivity index (χ2n) is 5.65. The van der Waals surface area contributed by atoms with Gasteiger partial charge >= 0.3 is 0 Å². The van der Waals surface area contributed by atoms with E-state index in [0.717, 1.165) is 13.1 Å². The molecule has 1 unspecified atom stereocenters. The third-order valence-corrected chi connectivity index (χ3v) is 3.38. The van der Waals surface area contributed by atoms with E-state index in [-0.39, 0.29) is 5.60 Å². The quantitative estimate of drug-likeness (QED) is 0.863. The Hall–Kier alpha value is -0.860. The molecule has 1 aliphatic rings. The summed E-state index contributed by atoms with van der Waals surface area (Å²) in [7, 11) is 0. The Morgan fingerprint density at radius 2 is 2.00 bits per heavy atom. The summed E-state index contributed by atoms with van der Waals surface area (Å²) >= 11 is 0. The lowest BCUT2D eigenvalue weighted by molar-refractivity contribution is -0.0142. The van der Waals surface area contributed by atoms with Crippen molar-refractivity contribution in [2.24, 2.45) is 0 Å². The van der Waals surface area contributed by atoms with Crippen molar-refractivity contribution in [3.8, 4) is 0 Å². The molecule has 2 rings (SSSR count). The molecule has 1 atom stereocenters. The van der Waals surface area contributed by atoms with E-state index in [1.54, 1.807) is 0 Å². The van der Waals surface area contributed by atoms with Gasteiger partial charge in [-0.15, -0.1) is 0 Å². The van der Waals surface area contributed by atoms with Crippen molar-refractivity contribution >= 4 is 0 Å². The average molecular weight is 233 g/mol. The van der Waals surface area contributed by atoms with E-state index in [4.69, 9.17) is 4.74 Å². The number of nitrogens with one attached hydrogen (secondary N) is 1. The molecule has 0 radical (unpaired) electrons. The summed E-state index contributed by atoms with van der Waals surface area (Å²) in [6.45, 7) is 8.35. The summed E-state index contributed by atoms with van der Waals surface area (Å²) in [5.74, 6) is 0. The maximum Gasteiger partial charge on any atom is 0.0707 e. The van der Waals surface area contributed by atoms with Crippen molar-refractivity contribution in [1.29, 1.82) is 0 Å². The minimum atomic E-state index is 0.0796. The first kappa shape index (κ1) is 12.6. The summed E-state index contributed by atoms with van der Waals surface area (Å²) in [6, 6.07) is 8.68. The Kier molecular flexibility index (Phi) is 3.85. The molecule has 1 fully saturated rings. The highest BCUT2D eigenvalue weighted by Crippen LogP contribution is 2.28. The molecular weight excluding hydrogens is 210 g/mol. The zero-order valence-electron chi connectivity index (χ0n) is 11.1. The smallest absolute Gasteiger partial charge is 0.0707 e. The van der Waals surface area contributed by atoms with Gasteiger partial charge in [-0.2, -0.15) is 0 Å². The Bertz CT molecular complexity index is 356. The Balaban J connectivity index is 1.71. The van der Waals surface area contributed by atoms with Crippen LogP contribution in [0.5, 0.6) is 0 Å². The average Bonchev–Trinajstić information content (AvgIpc) is 2.61. The third-order valence-electron chi connectivity index (χ3n) is 3.38. The Morgan fingerprint density at radius 1 is 1.29 bits per heavy atom. The molecule has 2 nitrogen and oxygen atoms in total. The van der Waals surface area contributed by atoms with E-state index >= 15 is 0 Å². The second kappa shape index (κ2) is 5.19. The molecule has 1 aliphatic heterocycles. The molecule has 0 bridgehead atoms. The first-order valence-electron chi connectivity index (χ1n) is 6.49. The number of benzene rings is 1. The SMILES string of the molecule is Cc1ccc(CNCC2CCC(C)(C)O2)cc1. The van der Waals surface area contributed by atoms with Crippen LogP contribution in [0.4, 0.5) is 0 Å². The predicted molar refractivity (Wildman–Crippen MR) is 71.1 cm³/mol. The molecular formula is C15H23NO. The van der Waals surface area contributed by atoms with Gasteiger partial charge in [0.1, 0.15) is 0 Å². The Morgan fingerprint density at radius 3 is 2.59 bits per heavy atom. The third kappa shape index (κ3) is 3.83. The highest BCUT2D eigenvalue weighted by Gasteiger charge is 2.30. The highest BCUT2D eigenvalue weighted by atomic mass is 16.5. The van der Waals surface area contributed by atoms with E-state index in [1.165, 1.54) is 24.0 Å². The minimum Gasteiger partial charge on any atom is -0.371 e. The number of hydrogen-bond acceptors (Lipinski definition) is 2. The van der Waals surface area contributed by atoms with Crippen molar-refractivity contribution in [1.82, 2.24) is 5.32 Å². The summed E-state index contributed by atoms with van der Waals surface area (Å²) in [5.41, 5.74) is 2.73. The molecule has 0 saturated carbocycles. The van der Waals surface area contributed by atoms with Crippen LogP contribution in [0.15, 0.2) is 24.3 Å². The zero-order chi connectivity index (χ0) is 12.3. The first-order chi connectivity index (χ1) is 8.05. The van der Waals surface area contributed by atoms with Crippen LogP contribution in [0.1, 0.15) is 37.8 Å². The van der Waals surface area contributed by atoms with E-state index in [9.17, 15) is 0 Å². The van der Waals surface area contributed by atoms with Crippen molar-refractivity contribution in [3.63, 3.8) is 0 Å².